The number of hydrogen-bond acceptors (Lipinski definition) is 3. The molecule has 0 aromatic heterocycles. The van der Waals surface area contributed by atoms with Crippen molar-refractivity contribution in [1.82, 2.24) is 0 Å². The predicted molar refractivity (Wildman–Crippen MR) is 109 cm³/mol. The van der Waals surface area contributed by atoms with E-state index in [0.717, 1.165) is 4.47 Å². The first-order valence-corrected chi connectivity index (χ1v) is 10.4. The van der Waals surface area contributed by atoms with E-state index in [-0.39, 0.29) is 21.5 Å². The molecule has 0 bridgehead atoms. The molecule has 0 aliphatic rings. The fourth-order valence-electron chi connectivity index (χ4n) is 2.24. The standard InChI is InChI=1S/C19H14BrClN2O3S/c20-14-6-9-16(10-7-14)27(25,26)23-19(13-4-2-1-3-5-13)22-15-8-11-18(24)17(21)12-15/h1-12,24H,(H,22,23)/p-1. The molecule has 0 radical (unpaired) electrons. The van der Waals surface area contributed by atoms with E-state index >= 15 is 0 Å². The first kappa shape index (κ1) is 19.4. The van der Waals surface area contributed by atoms with Gasteiger partial charge in [0.2, 0.25) is 0 Å². The molecule has 0 amide bonds. The lowest BCUT2D eigenvalue weighted by Crippen LogP contribution is -2.16. The van der Waals surface area contributed by atoms with Crippen molar-refractivity contribution in [3.63, 3.8) is 0 Å². The molecule has 5 nitrogen and oxygen atoms in total. The maximum Gasteiger partial charge on any atom is 0.284 e. The number of rotatable bonds is 4. The smallest absolute Gasteiger partial charge is 0.284 e. The van der Waals surface area contributed by atoms with Gasteiger partial charge in [0.15, 0.2) is 5.84 Å². The summed E-state index contributed by atoms with van der Waals surface area (Å²) in [6.07, 6.45) is 0. The molecule has 0 heterocycles. The molecule has 0 aliphatic carbocycles. The lowest BCUT2D eigenvalue weighted by atomic mass is 10.2. The molecule has 0 unspecified atom stereocenters. The molecule has 0 spiro atoms. The Balaban J connectivity index is 2.05. The molecule has 3 aromatic rings. The average molecular weight is 465 g/mol. The molecule has 27 heavy (non-hydrogen) atoms. The highest BCUT2D eigenvalue weighted by molar-refractivity contribution is 9.10. The molecular weight excluding hydrogens is 452 g/mol. The lowest BCUT2D eigenvalue weighted by molar-refractivity contribution is -0.268. The molecule has 0 aliphatic heterocycles. The van der Waals surface area contributed by atoms with Crippen LogP contribution in [0.25, 0.3) is 0 Å². The molecule has 1 N–H and O–H groups in total. The Kier molecular flexibility index (Phi) is 5.84. The summed E-state index contributed by atoms with van der Waals surface area (Å²) in [5, 5.41) is 14.4. The van der Waals surface area contributed by atoms with Crippen LogP contribution in [0.5, 0.6) is 5.75 Å². The number of nitrogens with one attached hydrogen (secondary N) is 1. The maximum atomic E-state index is 12.7. The maximum absolute atomic E-state index is 12.7. The van der Waals surface area contributed by atoms with Crippen LogP contribution in [0.3, 0.4) is 0 Å². The van der Waals surface area contributed by atoms with Gasteiger partial charge in [-0.2, -0.15) is 8.42 Å². The predicted octanol–water partition coefficient (Wildman–Crippen LogP) is 4.42. The zero-order chi connectivity index (χ0) is 19.4. The van der Waals surface area contributed by atoms with Crippen LogP contribution in [0, 0.1) is 0 Å². The third-order valence-corrected chi connectivity index (χ3v) is 5.68. The van der Waals surface area contributed by atoms with Crippen LogP contribution in [-0.2, 0) is 10.0 Å². The van der Waals surface area contributed by atoms with E-state index in [0.29, 0.717) is 11.3 Å². The van der Waals surface area contributed by atoms with E-state index in [4.69, 9.17) is 11.6 Å². The third-order valence-electron chi connectivity index (χ3n) is 3.56. The number of hydrogen-bond donors (Lipinski definition) is 1. The first-order valence-electron chi connectivity index (χ1n) is 7.75. The topological polar surface area (TPSA) is 81.6 Å². The van der Waals surface area contributed by atoms with Crippen molar-refractivity contribution in [2.24, 2.45) is 4.40 Å². The van der Waals surface area contributed by atoms with Gasteiger partial charge >= 0.3 is 0 Å². The van der Waals surface area contributed by atoms with E-state index in [1.807, 2.05) is 6.07 Å². The molecule has 3 aromatic carbocycles. The highest BCUT2D eigenvalue weighted by Gasteiger charge is 2.16. The zero-order valence-corrected chi connectivity index (χ0v) is 16.9. The van der Waals surface area contributed by atoms with Gasteiger partial charge in [-0.3, -0.25) is 0 Å². The number of halogens is 2. The molecule has 8 heteroatoms. The summed E-state index contributed by atoms with van der Waals surface area (Å²) in [6, 6.07) is 19.2. The van der Waals surface area contributed by atoms with Gasteiger partial charge < -0.3 is 10.4 Å². The minimum atomic E-state index is -3.95. The van der Waals surface area contributed by atoms with Crippen LogP contribution in [0.2, 0.25) is 5.02 Å². The second-order valence-electron chi connectivity index (χ2n) is 5.51. The van der Waals surface area contributed by atoms with Crippen molar-refractivity contribution >= 4 is 49.1 Å². The zero-order valence-electron chi connectivity index (χ0n) is 13.8. The Labute approximate surface area is 170 Å². The fraction of sp³-hybridized carbons (Fsp3) is 0. The van der Waals surface area contributed by atoms with Crippen molar-refractivity contribution in [2.45, 2.75) is 4.90 Å². The molecular formula is C19H13BrClN2O3S-. The molecule has 0 saturated carbocycles. The third kappa shape index (κ3) is 4.88. The van der Waals surface area contributed by atoms with Crippen molar-refractivity contribution in [3.05, 3.63) is 87.9 Å². The molecule has 0 fully saturated rings. The van der Waals surface area contributed by atoms with Gasteiger partial charge in [0, 0.05) is 20.7 Å². The summed E-state index contributed by atoms with van der Waals surface area (Å²) in [5.74, 6) is -0.198. The van der Waals surface area contributed by atoms with Gasteiger partial charge in [0.05, 0.1) is 4.90 Å². The van der Waals surface area contributed by atoms with Crippen LogP contribution in [0.1, 0.15) is 5.56 Å². The van der Waals surface area contributed by atoms with E-state index in [1.165, 1.54) is 30.3 Å². The van der Waals surface area contributed by atoms with Gasteiger partial charge in [0.1, 0.15) is 0 Å². The monoisotopic (exact) mass is 463 g/mol. The van der Waals surface area contributed by atoms with Gasteiger partial charge in [-0.15, -0.1) is 4.40 Å². The number of benzene rings is 3. The van der Waals surface area contributed by atoms with Gasteiger partial charge in [-0.25, -0.2) is 0 Å². The van der Waals surface area contributed by atoms with E-state index in [1.54, 1.807) is 36.4 Å². The lowest BCUT2D eigenvalue weighted by Gasteiger charge is -2.14. The highest BCUT2D eigenvalue weighted by atomic mass is 79.9. The first-order chi connectivity index (χ1) is 12.8. The van der Waals surface area contributed by atoms with Crippen LogP contribution in [0.15, 0.2) is 86.6 Å². The second-order valence-corrected chi connectivity index (χ2v) is 8.43. The molecule has 0 saturated heterocycles. The van der Waals surface area contributed by atoms with Gasteiger partial charge in [-0.1, -0.05) is 69.7 Å². The Morgan fingerprint density at radius 1 is 1.00 bits per heavy atom. The van der Waals surface area contributed by atoms with Crippen LogP contribution in [0.4, 0.5) is 5.69 Å². The SMILES string of the molecule is O=S(=O)(N=C(Nc1ccc([O-])c(Cl)c1)c1ccccc1)c1ccc(Br)cc1. The van der Waals surface area contributed by atoms with Crippen molar-refractivity contribution in [2.75, 3.05) is 5.32 Å². The Hall–Kier alpha value is -2.35. The normalized spacial score (nSPS) is 12.0. The number of nitrogens with zero attached hydrogens (tertiary/aromatic N) is 1. The minimum Gasteiger partial charge on any atom is -0.871 e. The molecule has 138 valence electrons. The van der Waals surface area contributed by atoms with E-state index in [9.17, 15) is 13.5 Å². The van der Waals surface area contributed by atoms with Crippen molar-refractivity contribution < 1.29 is 13.5 Å². The summed E-state index contributed by atoms with van der Waals surface area (Å²) in [4.78, 5) is 0.0638. The van der Waals surface area contributed by atoms with E-state index in [2.05, 4.69) is 25.6 Å². The van der Waals surface area contributed by atoms with Crippen LogP contribution in [-0.4, -0.2) is 14.3 Å². The summed E-state index contributed by atoms with van der Waals surface area (Å²) in [6.45, 7) is 0. The largest absolute Gasteiger partial charge is 0.871 e. The number of anilines is 1. The molecule has 0 atom stereocenters. The Morgan fingerprint density at radius 3 is 2.30 bits per heavy atom. The van der Waals surface area contributed by atoms with Crippen LogP contribution >= 0.6 is 27.5 Å². The van der Waals surface area contributed by atoms with Crippen LogP contribution < -0.4 is 10.4 Å². The second kappa shape index (κ2) is 8.12. The quantitative estimate of drug-likeness (QED) is 0.458. The molecule has 3 rings (SSSR count). The fourth-order valence-corrected chi connectivity index (χ4v) is 3.66. The number of sulfonamides is 1. The van der Waals surface area contributed by atoms with Crippen molar-refractivity contribution in [3.8, 4) is 5.75 Å². The summed E-state index contributed by atoms with van der Waals surface area (Å²) in [5.41, 5.74) is 1.02. The minimum absolute atomic E-state index is 0.0307. The van der Waals surface area contributed by atoms with Crippen molar-refractivity contribution in [1.29, 1.82) is 0 Å². The van der Waals surface area contributed by atoms with Gasteiger partial charge in [0.25, 0.3) is 10.0 Å². The Bertz CT molecular complexity index is 1090. The summed E-state index contributed by atoms with van der Waals surface area (Å²) < 4.78 is 30.2. The average Bonchev–Trinajstić information content (AvgIpc) is 2.65. The number of amidine groups is 1. The summed E-state index contributed by atoms with van der Waals surface area (Å²) >= 11 is 9.15. The van der Waals surface area contributed by atoms with Gasteiger partial charge in [-0.05, 0) is 36.4 Å². The summed E-state index contributed by atoms with van der Waals surface area (Å²) in [7, 11) is -3.95. The highest BCUT2D eigenvalue weighted by Crippen LogP contribution is 2.25. The van der Waals surface area contributed by atoms with E-state index < -0.39 is 10.0 Å². The Morgan fingerprint density at radius 2 is 1.67 bits per heavy atom.